The molecule has 1 N–H and O–H groups in total. The molecule has 0 aliphatic carbocycles. The van der Waals surface area contributed by atoms with Gasteiger partial charge in [-0.1, -0.05) is 6.92 Å². The first kappa shape index (κ1) is 20.4. The lowest BCUT2D eigenvalue weighted by Gasteiger charge is -2.21. The molecule has 1 amide bonds. The van der Waals surface area contributed by atoms with Crippen molar-refractivity contribution in [2.24, 2.45) is 0 Å². The van der Waals surface area contributed by atoms with Crippen LogP contribution in [0, 0.1) is 0 Å². The van der Waals surface area contributed by atoms with E-state index in [1.54, 1.807) is 38.5 Å². The molecule has 0 aromatic heterocycles. The van der Waals surface area contributed by atoms with E-state index in [0.717, 1.165) is 17.2 Å². The summed E-state index contributed by atoms with van der Waals surface area (Å²) in [5.41, 5.74) is 0. The lowest BCUT2D eigenvalue weighted by molar-refractivity contribution is -0.128. The van der Waals surface area contributed by atoms with Crippen LogP contribution in [0.1, 0.15) is 20.3 Å². The standard InChI is InChI=1S/C21H27NO5/c1-5-20(27-19-12-8-17(25-4)9-13-19)21(23)22-15(2)14-26-18-10-6-16(24-3)7-11-18/h6-13,15,20H,5,14H2,1-4H3,(H,22,23)/t15-,20-/m1/s1. The van der Waals surface area contributed by atoms with Gasteiger partial charge in [0, 0.05) is 0 Å². The van der Waals surface area contributed by atoms with Crippen LogP contribution in [-0.2, 0) is 4.79 Å². The van der Waals surface area contributed by atoms with Crippen LogP contribution >= 0.6 is 0 Å². The van der Waals surface area contributed by atoms with Crippen molar-refractivity contribution in [3.63, 3.8) is 0 Å². The van der Waals surface area contributed by atoms with Crippen LogP contribution < -0.4 is 24.3 Å². The minimum Gasteiger partial charge on any atom is -0.497 e. The number of ether oxygens (including phenoxy) is 4. The Labute approximate surface area is 160 Å². The van der Waals surface area contributed by atoms with E-state index in [1.165, 1.54) is 0 Å². The molecule has 2 rings (SSSR count). The number of carbonyl (C=O) groups is 1. The highest BCUT2D eigenvalue weighted by Crippen LogP contribution is 2.19. The number of amides is 1. The Kier molecular flexibility index (Phi) is 7.79. The van der Waals surface area contributed by atoms with Crippen LogP contribution in [0.15, 0.2) is 48.5 Å². The molecule has 0 aliphatic heterocycles. The summed E-state index contributed by atoms with van der Waals surface area (Å²) in [5, 5.41) is 2.93. The molecule has 2 aromatic carbocycles. The lowest BCUT2D eigenvalue weighted by Crippen LogP contribution is -2.44. The van der Waals surface area contributed by atoms with Crippen molar-refractivity contribution in [3.8, 4) is 23.0 Å². The summed E-state index contributed by atoms with van der Waals surface area (Å²) in [6.45, 7) is 4.16. The van der Waals surface area contributed by atoms with Crippen molar-refractivity contribution in [3.05, 3.63) is 48.5 Å². The van der Waals surface area contributed by atoms with Crippen molar-refractivity contribution >= 4 is 5.91 Å². The van der Waals surface area contributed by atoms with Crippen molar-refractivity contribution in [2.75, 3.05) is 20.8 Å². The second-order valence-electron chi connectivity index (χ2n) is 6.09. The summed E-state index contributed by atoms with van der Waals surface area (Å²) in [6, 6.07) is 14.3. The van der Waals surface area contributed by atoms with Crippen LogP contribution in [-0.4, -0.2) is 38.9 Å². The van der Waals surface area contributed by atoms with Gasteiger partial charge in [-0.3, -0.25) is 4.79 Å². The van der Waals surface area contributed by atoms with Crippen LogP contribution in [0.2, 0.25) is 0 Å². The van der Waals surface area contributed by atoms with Gasteiger partial charge in [0.15, 0.2) is 6.10 Å². The van der Waals surface area contributed by atoms with Crippen molar-refractivity contribution < 1.29 is 23.7 Å². The van der Waals surface area contributed by atoms with Gasteiger partial charge in [-0.2, -0.15) is 0 Å². The van der Waals surface area contributed by atoms with Gasteiger partial charge >= 0.3 is 0 Å². The highest BCUT2D eigenvalue weighted by Gasteiger charge is 2.20. The third-order valence-corrected chi connectivity index (χ3v) is 3.95. The van der Waals surface area contributed by atoms with E-state index < -0.39 is 6.10 Å². The van der Waals surface area contributed by atoms with Crippen molar-refractivity contribution in [2.45, 2.75) is 32.4 Å². The normalized spacial score (nSPS) is 12.6. The molecule has 0 unspecified atom stereocenters. The molecule has 6 heteroatoms. The molecule has 2 aromatic rings. The van der Waals surface area contributed by atoms with Gasteiger partial charge in [-0.25, -0.2) is 0 Å². The highest BCUT2D eigenvalue weighted by atomic mass is 16.5. The summed E-state index contributed by atoms with van der Waals surface area (Å²) in [6.07, 6.45) is -0.00830. The van der Waals surface area contributed by atoms with Gasteiger partial charge in [0.1, 0.15) is 29.6 Å². The van der Waals surface area contributed by atoms with Gasteiger partial charge in [-0.05, 0) is 61.9 Å². The molecular formula is C21H27NO5. The third kappa shape index (κ3) is 6.40. The van der Waals surface area contributed by atoms with E-state index >= 15 is 0 Å². The molecule has 27 heavy (non-hydrogen) atoms. The zero-order valence-corrected chi connectivity index (χ0v) is 16.2. The maximum Gasteiger partial charge on any atom is 0.261 e. The van der Waals surface area contributed by atoms with Gasteiger partial charge in [-0.15, -0.1) is 0 Å². The molecular weight excluding hydrogens is 346 g/mol. The molecule has 0 fully saturated rings. The molecule has 0 aliphatic rings. The maximum atomic E-state index is 12.5. The fraction of sp³-hybridized carbons (Fsp3) is 0.381. The lowest BCUT2D eigenvalue weighted by atomic mass is 10.2. The van der Waals surface area contributed by atoms with Gasteiger partial charge in [0.25, 0.3) is 5.91 Å². The fourth-order valence-electron chi connectivity index (χ4n) is 2.41. The second-order valence-corrected chi connectivity index (χ2v) is 6.09. The molecule has 0 heterocycles. The molecule has 6 nitrogen and oxygen atoms in total. The van der Waals surface area contributed by atoms with Gasteiger partial charge in [0.2, 0.25) is 0 Å². The number of hydrogen-bond donors (Lipinski definition) is 1. The monoisotopic (exact) mass is 373 g/mol. The largest absolute Gasteiger partial charge is 0.497 e. The van der Waals surface area contributed by atoms with E-state index in [1.807, 2.05) is 38.1 Å². The predicted molar refractivity (Wildman–Crippen MR) is 104 cm³/mol. The zero-order valence-electron chi connectivity index (χ0n) is 16.2. The minimum absolute atomic E-state index is 0.159. The second kappa shape index (κ2) is 10.3. The Morgan fingerprint density at radius 3 is 1.85 bits per heavy atom. The summed E-state index contributed by atoms with van der Waals surface area (Å²) in [7, 11) is 3.22. The summed E-state index contributed by atoms with van der Waals surface area (Å²) < 4.78 is 21.7. The first-order valence-corrected chi connectivity index (χ1v) is 8.93. The average Bonchev–Trinajstić information content (AvgIpc) is 2.71. The smallest absolute Gasteiger partial charge is 0.261 e. The van der Waals surface area contributed by atoms with Crippen LogP contribution in [0.4, 0.5) is 0 Å². The zero-order chi connectivity index (χ0) is 19.6. The number of carbonyl (C=O) groups excluding carboxylic acids is 1. The number of methoxy groups -OCH3 is 2. The SMILES string of the molecule is CC[C@@H](Oc1ccc(OC)cc1)C(=O)N[C@H](C)COc1ccc(OC)cc1. The van der Waals surface area contributed by atoms with Crippen LogP contribution in [0.5, 0.6) is 23.0 Å². The Hall–Kier alpha value is -2.89. The number of rotatable bonds is 10. The Balaban J connectivity index is 1.82. The predicted octanol–water partition coefficient (Wildman–Crippen LogP) is 3.44. The topological polar surface area (TPSA) is 66.0 Å². The van der Waals surface area contributed by atoms with Gasteiger partial charge < -0.3 is 24.3 Å². The fourth-order valence-corrected chi connectivity index (χ4v) is 2.41. The number of benzene rings is 2. The molecule has 0 saturated heterocycles. The van der Waals surface area contributed by atoms with Crippen LogP contribution in [0.25, 0.3) is 0 Å². The summed E-state index contributed by atoms with van der Waals surface area (Å²) >= 11 is 0. The van der Waals surface area contributed by atoms with Crippen LogP contribution in [0.3, 0.4) is 0 Å². The molecule has 0 radical (unpaired) electrons. The third-order valence-electron chi connectivity index (χ3n) is 3.95. The maximum absolute atomic E-state index is 12.5. The minimum atomic E-state index is -0.568. The van der Waals surface area contributed by atoms with Crippen molar-refractivity contribution in [1.29, 1.82) is 0 Å². The quantitative estimate of drug-likeness (QED) is 0.691. The van der Waals surface area contributed by atoms with E-state index in [2.05, 4.69) is 5.32 Å². The molecule has 0 saturated carbocycles. The first-order valence-electron chi connectivity index (χ1n) is 8.93. The molecule has 2 atom stereocenters. The van der Waals surface area contributed by atoms with E-state index in [0.29, 0.717) is 18.8 Å². The first-order chi connectivity index (χ1) is 13.0. The molecule has 146 valence electrons. The number of hydrogen-bond acceptors (Lipinski definition) is 5. The number of nitrogens with one attached hydrogen (secondary N) is 1. The van der Waals surface area contributed by atoms with Gasteiger partial charge in [0.05, 0.1) is 20.3 Å². The average molecular weight is 373 g/mol. The Morgan fingerprint density at radius 2 is 1.37 bits per heavy atom. The highest BCUT2D eigenvalue weighted by molar-refractivity contribution is 5.81. The van der Waals surface area contributed by atoms with Crippen molar-refractivity contribution in [1.82, 2.24) is 5.32 Å². The van der Waals surface area contributed by atoms with E-state index in [-0.39, 0.29) is 11.9 Å². The summed E-state index contributed by atoms with van der Waals surface area (Å²) in [4.78, 5) is 12.5. The van der Waals surface area contributed by atoms with E-state index in [9.17, 15) is 4.79 Å². The summed E-state index contributed by atoms with van der Waals surface area (Å²) in [5.74, 6) is 2.69. The Morgan fingerprint density at radius 1 is 0.889 bits per heavy atom. The Bertz CT molecular complexity index is 700. The van der Waals surface area contributed by atoms with E-state index in [4.69, 9.17) is 18.9 Å². The molecule has 0 spiro atoms. The molecule has 0 bridgehead atoms.